The zero-order valence-corrected chi connectivity index (χ0v) is 9.58. The van der Waals surface area contributed by atoms with Crippen LogP contribution in [0.2, 0.25) is 0 Å². The number of rotatable bonds is 4. The highest BCUT2D eigenvalue weighted by Gasteiger charge is 2.22. The van der Waals surface area contributed by atoms with E-state index in [1.807, 2.05) is 25.1 Å². The van der Waals surface area contributed by atoms with Crippen molar-refractivity contribution in [3.63, 3.8) is 0 Å². The van der Waals surface area contributed by atoms with Gasteiger partial charge in [-0.05, 0) is 25.8 Å². The summed E-state index contributed by atoms with van der Waals surface area (Å²) in [6.07, 6.45) is 1.37. The molecule has 0 saturated heterocycles. The topological polar surface area (TPSA) is 37.3 Å². The Balaban J connectivity index is 3.12. The van der Waals surface area contributed by atoms with Crippen LogP contribution in [0.25, 0.3) is 0 Å². The lowest BCUT2D eigenvalue weighted by Gasteiger charge is -2.20. The van der Waals surface area contributed by atoms with Crippen LogP contribution in [0.4, 0.5) is 0 Å². The van der Waals surface area contributed by atoms with Gasteiger partial charge >= 0.3 is 0 Å². The second kappa shape index (κ2) is 4.58. The molecular formula is C13H18O2. The number of aliphatic hydroxyl groups is 1. The smallest absolute Gasteiger partial charge is 0.163 e. The van der Waals surface area contributed by atoms with Crippen molar-refractivity contribution in [2.75, 3.05) is 0 Å². The quantitative estimate of drug-likeness (QED) is 0.769. The summed E-state index contributed by atoms with van der Waals surface area (Å²) >= 11 is 0. The summed E-state index contributed by atoms with van der Waals surface area (Å²) in [6.45, 7) is 5.38. The van der Waals surface area contributed by atoms with Crippen LogP contribution < -0.4 is 0 Å². The zero-order valence-electron chi connectivity index (χ0n) is 9.58. The van der Waals surface area contributed by atoms with E-state index in [4.69, 9.17) is 0 Å². The Hall–Kier alpha value is -1.15. The molecule has 2 heteroatoms. The molecule has 0 aliphatic rings. The molecule has 0 atom stereocenters. The van der Waals surface area contributed by atoms with E-state index in [0.717, 1.165) is 6.42 Å². The van der Waals surface area contributed by atoms with E-state index >= 15 is 0 Å². The van der Waals surface area contributed by atoms with Gasteiger partial charge in [0.05, 0.1) is 5.60 Å². The van der Waals surface area contributed by atoms with E-state index in [0.29, 0.717) is 17.5 Å². The maximum atomic E-state index is 11.8. The van der Waals surface area contributed by atoms with Crippen LogP contribution >= 0.6 is 0 Å². The fourth-order valence-corrected chi connectivity index (χ4v) is 1.62. The van der Waals surface area contributed by atoms with Gasteiger partial charge in [-0.3, -0.25) is 4.79 Å². The van der Waals surface area contributed by atoms with Crippen LogP contribution in [0.3, 0.4) is 0 Å². The van der Waals surface area contributed by atoms with Crippen LogP contribution in [0.1, 0.15) is 49.5 Å². The van der Waals surface area contributed by atoms with Gasteiger partial charge in [-0.25, -0.2) is 0 Å². The first-order valence-corrected chi connectivity index (χ1v) is 5.32. The largest absolute Gasteiger partial charge is 0.386 e. The predicted molar refractivity (Wildman–Crippen MR) is 60.9 cm³/mol. The first-order chi connectivity index (χ1) is 6.96. The average molecular weight is 206 g/mol. The summed E-state index contributed by atoms with van der Waals surface area (Å²) in [5.41, 5.74) is 0.398. The van der Waals surface area contributed by atoms with Crippen molar-refractivity contribution in [3.05, 3.63) is 35.4 Å². The number of carbonyl (C=O) groups excluding carboxylic acids is 1. The molecule has 0 fully saturated rings. The molecule has 0 radical (unpaired) electrons. The molecule has 2 nitrogen and oxygen atoms in total. The summed E-state index contributed by atoms with van der Waals surface area (Å²) < 4.78 is 0. The molecule has 0 aliphatic heterocycles. The lowest BCUT2D eigenvalue weighted by atomic mass is 9.90. The zero-order chi connectivity index (χ0) is 11.5. The number of hydrogen-bond donors (Lipinski definition) is 1. The number of benzene rings is 1. The summed E-state index contributed by atoms with van der Waals surface area (Å²) in [5.74, 6) is 0.107. The molecule has 1 rings (SSSR count). The van der Waals surface area contributed by atoms with E-state index in [1.165, 1.54) is 0 Å². The van der Waals surface area contributed by atoms with Crippen molar-refractivity contribution in [1.82, 2.24) is 0 Å². The van der Waals surface area contributed by atoms with Crippen LogP contribution in [0.5, 0.6) is 0 Å². The molecule has 0 aliphatic carbocycles. The maximum absolute atomic E-state index is 11.8. The van der Waals surface area contributed by atoms with E-state index in [-0.39, 0.29) is 5.78 Å². The minimum Gasteiger partial charge on any atom is -0.386 e. The minimum atomic E-state index is -0.958. The Bertz CT molecular complexity index is 348. The number of hydrogen-bond acceptors (Lipinski definition) is 2. The monoisotopic (exact) mass is 206 g/mol. The van der Waals surface area contributed by atoms with Gasteiger partial charge in [0, 0.05) is 12.0 Å². The molecule has 1 aromatic carbocycles. The Labute approximate surface area is 90.9 Å². The van der Waals surface area contributed by atoms with E-state index in [9.17, 15) is 9.90 Å². The fourth-order valence-electron chi connectivity index (χ4n) is 1.62. The van der Waals surface area contributed by atoms with E-state index in [1.54, 1.807) is 19.9 Å². The van der Waals surface area contributed by atoms with Crippen LogP contribution in [-0.2, 0) is 5.60 Å². The highest BCUT2D eigenvalue weighted by Crippen LogP contribution is 2.24. The average Bonchev–Trinajstić information content (AvgIpc) is 2.17. The molecule has 0 unspecified atom stereocenters. The summed E-state index contributed by atoms with van der Waals surface area (Å²) in [6, 6.07) is 7.27. The van der Waals surface area contributed by atoms with Gasteiger partial charge in [-0.1, -0.05) is 31.2 Å². The van der Waals surface area contributed by atoms with E-state index < -0.39 is 5.60 Å². The molecule has 0 heterocycles. The highest BCUT2D eigenvalue weighted by molar-refractivity contribution is 5.97. The van der Waals surface area contributed by atoms with Crippen molar-refractivity contribution in [3.8, 4) is 0 Å². The van der Waals surface area contributed by atoms with Crippen molar-refractivity contribution in [2.24, 2.45) is 0 Å². The lowest BCUT2D eigenvalue weighted by molar-refractivity contribution is 0.0752. The minimum absolute atomic E-state index is 0.107. The van der Waals surface area contributed by atoms with Crippen LogP contribution in [-0.4, -0.2) is 10.9 Å². The summed E-state index contributed by atoms with van der Waals surface area (Å²) in [4.78, 5) is 11.8. The molecule has 1 N–H and O–H groups in total. The van der Waals surface area contributed by atoms with Gasteiger partial charge in [0.2, 0.25) is 0 Å². The molecule has 15 heavy (non-hydrogen) atoms. The number of carbonyl (C=O) groups is 1. The molecule has 0 aromatic heterocycles. The van der Waals surface area contributed by atoms with Crippen LogP contribution in [0, 0.1) is 0 Å². The standard InChI is InChI=1S/C13H18O2/c1-4-7-12(14)10-8-5-6-9-11(10)13(2,3)15/h5-6,8-9,15H,4,7H2,1-3H3. The molecular weight excluding hydrogens is 188 g/mol. The maximum Gasteiger partial charge on any atom is 0.163 e. The second-order valence-electron chi connectivity index (χ2n) is 4.28. The fraction of sp³-hybridized carbons (Fsp3) is 0.462. The Kier molecular flexibility index (Phi) is 3.64. The lowest BCUT2D eigenvalue weighted by Crippen LogP contribution is -2.19. The molecule has 82 valence electrons. The van der Waals surface area contributed by atoms with Gasteiger partial charge in [0.15, 0.2) is 5.78 Å². The normalized spacial score (nSPS) is 11.5. The Morgan fingerprint density at radius 2 is 1.93 bits per heavy atom. The Morgan fingerprint density at radius 1 is 1.33 bits per heavy atom. The van der Waals surface area contributed by atoms with Gasteiger partial charge in [0.1, 0.15) is 0 Å². The molecule has 0 amide bonds. The van der Waals surface area contributed by atoms with Gasteiger partial charge < -0.3 is 5.11 Å². The third-order valence-corrected chi connectivity index (χ3v) is 2.36. The van der Waals surface area contributed by atoms with Crippen molar-refractivity contribution >= 4 is 5.78 Å². The molecule has 1 aromatic rings. The first-order valence-electron chi connectivity index (χ1n) is 5.32. The second-order valence-corrected chi connectivity index (χ2v) is 4.28. The molecule has 0 saturated carbocycles. The summed E-state index contributed by atoms with van der Waals surface area (Å²) in [5, 5.41) is 9.93. The Morgan fingerprint density at radius 3 is 2.47 bits per heavy atom. The number of Topliss-reactive ketones (excluding diaryl/α,β-unsaturated/α-hetero) is 1. The van der Waals surface area contributed by atoms with Crippen molar-refractivity contribution in [1.29, 1.82) is 0 Å². The first kappa shape index (κ1) is 11.9. The van der Waals surface area contributed by atoms with Gasteiger partial charge in [-0.15, -0.1) is 0 Å². The highest BCUT2D eigenvalue weighted by atomic mass is 16.3. The van der Waals surface area contributed by atoms with Crippen molar-refractivity contribution < 1.29 is 9.90 Å². The number of ketones is 1. The third kappa shape index (κ3) is 2.90. The molecule has 0 spiro atoms. The van der Waals surface area contributed by atoms with Gasteiger partial charge in [0.25, 0.3) is 0 Å². The van der Waals surface area contributed by atoms with Gasteiger partial charge in [-0.2, -0.15) is 0 Å². The predicted octanol–water partition coefficient (Wildman–Crippen LogP) is 2.90. The SMILES string of the molecule is CCCC(=O)c1ccccc1C(C)(C)O. The van der Waals surface area contributed by atoms with E-state index in [2.05, 4.69) is 0 Å². The van der Waals surface area contributed by atoms with Crippen LogP contribution in [0.15, 0.2) is 24.3 Å². The summed E-state index contributed by atoms with van der Waals surface area (Å²) in [7, 11) is 0. The molecule has 0 bridgehead atoms. The third-order valence-electron chi connectivity index (χ3n) is 2.36. The van der Waals surface area contributed by atoms with Crippen molar-refractivity contribution in [2.45, 2.75) is 39.2 Å².